The monoisotopic (exact) mass is 328 g/mol. The SMILES string of the molecule is CC(NC(=O)N1CCC(C)(C(=O)O)C1)c1ccc(F)c(Cl)c1. The Morgan fingerprint density at radius 1 is 1.50 bits per heavy atom. The van der Waals surface area contributed by atoms with Crippen LogP contribution in [-0.2, 0) is 4.79 Å². The second-order valence-electron chi connectivity index (χ2n) is 5.88. The molecule has 22 heavy (non-hydrogen) atoms. The van der Waals surface area contributed by atoms with Crippen molar-refractivity contribution in [2.24, 2.45) is 5.41 Å². The molecule has 1 heterocycles. The average molecular weight is 329 g/mol. The quantitative estimate of drug-likeness (QED) is 0.896. The van der Waals surface area contributed by atoms with Gasteiger partial charge in [-0.2, -0.15) is 0 Å². The van der Waals surface area contributed by atoms with Gasteiger partial charge in [-0.25, -0.2) is 9.18 Å². The molecule has 0 aromatic heterocycles. The van der Waals surface area contributed by atoms with Crippen LogP contribution in [0.25, 0.3) is 0 Å². The molecule has 1 aliphatic rings. The minimum absolute atomic E-state index is 0.00164. The Hall–Kier alpha value is -1.82. The maximum atomic E-state index is 13.1. The van der Waals surface area contributed by atoms with Crippen LogP contribution in [0.15, 0.2) is 18.2 Å². The lowest BCUT2D eigenvalue weighted by Crippen LogP contribution is -2.41. The van der Waals surface area contributed by atoms with Crippen LogP contribution in [0.1, 0.15) is 31.9 Å². The van der Waals surface area contributed by atoms with E-state index in [9.17, 15) is 19.1 Å². The van der Waals surface area contributed by atoms with Gasteiger partial charge in [0, 0.05) is 13.1 Å². The number of hydrogen-bond donors (Lipinski definition) is 2. The minimum atomic E-state index is -0.903. The Balaban J connectivity index is 2.00. The molecule has 7 heteroatoms. The van der Waals surface area contributed by atoms with Crippen molar-refractivity contribution in [2.75, 3.05) is 13.1 Å². The zero-order chi connectivity index (χ0) is 16.5. The van der Waals surface area contributed by atoms with Crippen LogP contribution in [0, 0.1) is 11.2 Å². The molecule has 1 saturated heterocycles. The summed E-state index contributed by atoms with van der Waals surface area (Å²) in [6, 6.07) is 3.57. The van der Waals surface area contributed by atoms with E-state index in [1.54, 1.807) is 19.9 Å². The first-order valence-electron chi connectivity index (χ1n) is 6.97. The summed E-state index contributed by atoms with van der Waals surface area (Å²) in [7, 11) is 0. The second kappa shape index (κ2) is 6.12. The molecule has 0 aliphatic carbocycles. The summed E-state index contributed by atoms with van der Waals surface area (Å²) in [4.78, 5) is 24.9. The minimum Gasteiger partial charge on any atom is -0.481 e. The molecule has 2 atom stereocenters. The van der Waals surface area contributed by atoms with E-state index in [4.69, 9.17) is 11.6 Å². The number of carboxylic acids is 1. The van der Waals surface area contributed by atoms with Gasteiger partial charge in [0.25, 0.3) is 0 Å². The highest BCUT2D eigenvalue weighted by Crippen LogP contribution is 2.30. The van der Waals surface area contributed by atoms with Gasteiger partial charge in [0.1, 0.15) is 5.82 Å². The van der Waals surface area contributed by atoms with Gasteiger partial charge in [-0.05, 0) is 38.0 Å². The summed E-state index contributed by atoms with van der Waals surface area (Å²) in [6.45, 7) is 3.95. The number of carboxylic acid groups (broad SMARTS) is 1. The molecule has 1 fully saturated rings. The van der Waals surface area contributed by atoms with Crippen molar-refractivity contribution in [2.45, 2.75) is 26.3 Å². The van der Waals surface area contributed by atoms with Crippen molar-refractivity contribution < 1.29 is 19.1 Å². The molecule has 2 amide bonds. The van der Waals surface area contributed by atoms with E-state index in [1.807, 2.05) is 0 Å². The number of halogens is 2. The first-order valence-corrected chi connectivity index (χ1v) is 7.34. The molecule has 1 aliphatic heterocycles. The van der Waals surface area contributed by atoms with Crippen LogP contribution in [0.5, 0.6) is 0 Å². The molecule has 2 unspecified atom stereocenters. The van der Waals surface area contributed by atoms with E-state index in [-0.39, 0.29) is 23.6 Å². The molecule has 0 bridgehead atoms. The number of carbonyl (C=O) groups is 2. The van der Waals surface area contributed by atoms with Crippen molar-refractivity contribution >= 4 is 23.6 Å². The van der Waals surface area contributed by atoms with Crippen LogP contribution >= 0.6 is 11.6 Å². The third-order valence-corrected chi connectivity index (χ3v) is 4.35. The van der Waals surface area contributed by atoms with Gasteiger partial charge in [0.15, 0.2) is 0 Å². The largest absolute Gasteiger partial charge is 0.481 e. The molecular formula is C15H18ClFN2O3. The number of likely N-dealkylation sites (tertiary alicyclic amines) is 1. The van der Waals surface area contributed by atoms with Crippen molar-refractivity contribution in [3.8, 4) is 0 Å². The number of hydrogen-bond acceptors (Lipinski definition) is 2. The predicted octanol–water partition coefficient (Wildman–Crippen LogP) is 3.05. The van der Waals surface area contributed by atoms with E-state index in [1.165, 1.54) is 17.0 Å². The Morgan fingerprint density at radius 3 is 2.73 bits per heavy atom. The topological polar surface area (TPSA) is 69.6 Å². The summed E-state index contributed by atoms with van der Waals surface area (Å²) in [5, 5.41) is 12.0. The molecule has 0 saturated carbocycles. The Kier molecular flexibility index (Phi) is 4.60. The van der Waals surface area contributed by atoms with Gasteiger partial charge in [-0.3, -0.25) is 4.79 Å². The number of benzene rings is 1. The number of nitrogens with zero attached hydrogens (tertiary/aromatic N) is 1. The molecule has 1 aromatic carbocycles. The fourth-order valence-corrected chi connectivity index (χ4v) is 2.64. The zero-order valence-electron chi connectivity index (χ0n) is 12.4. The predicted molar refractivity (Wildman–Crippen MR) is 80.3 cm³/mol. The summed E-state index contributed by atoms with van der Waals surface area (Å²) in [5.74, 6) is -1.41. The van der Waals surface area contributed by atoms with Crippen LogP contribution in [0.3, 0.4) is 0 Å². The number of rotatable bonds is 3. The van der Waals surface area contributed by atoms with Gasteiger partial charge in [-0.1, -0.05) is 17.7 Å². The van der Waals surface area contributed by atoms with E-state index >= 15 is 0 Å². The van der Waals surface area contributed by atoms with Gasteiger partial charge in [-0.15, -0.1) is 0 Å². The molecule has 2 rings (SSSR count). The first kappa shape index (κ1) is 16.5. The molecule has 5 nitrogen and oxygen atoms in total. The smallest absolute Gasteiger partial charge is 0.317 e. The highest BCUT2D eigenvalue weighted by molar-refractivity contribution is 6.30. The van der Waals surface area contributed by atoms with Crippen molar-refractivity contribution in [1.82, 2.24) is 10.2 Å². The summed E-state index contributed by atoms with van der Waals surface area (Å²) >= 11 is 5.73. The molecule has 0 spiro atoms. The third-order valence-electron chi connectivity index (χ3n) is 4.06. The zero-order valence-corrected chi connectivity index (χ0v) is 13.2. The van der Waals surface area contributed by atoms with Gasteiger partial charge < -0.3 is 15.3 Å². The maximum Gasteiger partial charge on any atom is 0.317 e. The average Bonchev–Trinajstić information content (AvgIpc) is 2.86. The van der Waals surface area contributed by atoms with Crippen LogP contribution in [-0.4, -0.2) is 35.1 Å². The van der Waals surface area contributed by atoms with E-state index in [0.717, 1.165) is 0 Å². The number of nitrogens with one attached hydrogen (secondary N) is 1. The molecular weight excluding hydrogens is 311 g/mol. The molecule has 2 N–H and O–H groups in total. The van der Waals surface area contributed by atoms with E-state index in [2.05, 4.69) is 5.32 Å². The maximum absolute atomic E-state index is 13.1. The Bertz CT molecular complexity index is 610. The molecule has 1 aromatic rings. The van der Waals surface area contributed by atoms with Crippen molar-refractivity contribution in [3.05, 3.63) is 34.6 Å². The summed E-state index contributed by atoms with van der Waals surface area (Å²) in [6.07, 6.45) is 0.423. The number of carbonyl (C=O) groups excluding carboxylic acids is 1. The summed E-state index contributed by atoms with van der Waals surface area (Å²) < 4.78 is 13.1. The first-order chi connectivity index (χ1) is 10.2. The van der Waals surface area contributed by atoms with E-state index < -0.39 is 17.2 Å². The lowest BCUT2D eigenvalue weighted by atomic mass is 9.90. The number of amides is 2. The van der Waals surface area contributed by atoms with Crippen LogP contribution in [0.4, 0.5) is 9.18 Å². The number of aliphatic carboxylic acids is 1. The molecule has 0 radical (unpaired) electrons. The Morgan fingerprint density at radius 2 is 2.18 bits per heavy atom. The van der Waals surface area contributed by atoms with Crippen LogP contribution in [0.2, 0.25) is 5.02 Å². The fourth-order valence-electron chi connectivity index (χ4n) is 2.45. The van der Waals surface area contributed by atoms with Gasteiger partial charge in [0.05, 0.1) is 16.5 Å². The third kappa shape index (κ3) is 3.32. The van der Waals surface area contributed by atoms with Crippen molar-refractivity contribution in [3.63, 3.8) is 0 Å². The lowest BCUT2D eigenvalue weighted by molar-refractivity contribution is -0.146. The highest BCUT2D eigenvalue weighted by Gasteiger charge is 2.42. The van der Waals surface area contributed by atoms with Crippen LogP contribution < -0.4 is 5.32 Å². The van der Waals surface area contributed by atoms with Crippen molar-refractivity contribution in [1.29, 1.82) is 0 Å². The molecule has 120 valence electrons. The van der Waals surface area contributed by atoms with E-state index in [0.29, 0.717) is 18.5 Å². The number of urea groups is 1. The summed E-state index contributed by atoms with van der Waals surface area (Å²) in [5.41, 5.74) is -0.223. The lowest BCUT2D eigenvalue weighted by Gasteiger charge is -2.23. The highest BCUT2D eigenvalue weighted by atomic mass is 35.5. The Labute approximate surface area is 133 Å². The van der Waals surface area contributed by atoms with Gasteiger partial charge >= 0.3 is 12.0 Å². The van der Waals surface area contributed by atoms with Gasteiger partial charge in [0.2, 0.25) is 0 Å². The fraction of sp³-hybridized carbons (Fsp3) is 0.467. The normalized spacial score (nSPS) is 22.5. The standard InChI is InChI=1S/C15H18ClFN2O3/c1-9(10-3-4-12(17)11(16)7-10)18-14(22)19-6-5-15(2,8-19)13(20)21/h3-4,7,9H,5-6,8H2,1-2H3,(H,18,22)(H,20,21). The second-order valence-corrected chi connectivity index (χ2v) is 6.29.